The van der Waals surface area contributed by atoms with E-state index in [2.05, 4.69) is 16.3 Å². The third-order valence-electron chi connectivity index (χ3n) is 4.01. The van der Waals surface area contributed by atoms with E-state index in [1.165, 1.54) is 0 Å². The third-order valence-corrected chi connectivity index (χ3v) is 4.01. The standard InChI is InChI=1S/C17H23N3O2/c1-22-10-9-20-8-6-15(13-20)12-19-17(21)16-4-2-3-14(11-16)5-7-18/h2-4,11,15H,5-6,8-10,12-13H2,1H3,(H,19,21). The molecule has 1 N–H and O–H groups in total. The van der Waals surface area contributed by atoms with Crippen molar-refractivity contribution in [1.82, 2.24) is 10.2 Å². The number of methoxy groups -OCH3 is 1. The van der Waals surface area contributed by atoms with Gasteiger partial charge in [-0.25, -0.2) is 0 Å². The van der Waals surface area contributed by atoms with Crippen LogP contribution in [0.3, 0.4) is 0 Å². The highest BCUT2D eigenvalue weighted by molar-refractivity contribution is 5.94. The van der Waals surface area contributed by atoms with Gasteiger partial charge in [-0.2, -0.15) is 5.26 Å². The molecule has 1 aromatic rings. The molecule has 0 aliphatic carbocycles. The highest BCUT2D eigenvalue weighted by Crippen LogP contribution is 2.15. The van der Waals surface area contributed by atoms with Crippen molar-refractivity contribution in [3.63, 3.8) is 0 Å². The van der Waals surface area contributed by atoms with Crippen LogP contribution in [0.5, 0.6) is 0 Å². The van der Waals surface area contributed by atoms with Gasteiger partial charge < -0.3 is 15.0 Å². The molecule has 0 bridgehead atoms. The van der Waals surface area contributed by atoms with Gasteiger partial charge in [-0.3, -0.25) is 4.79 Å². The van der Waals surface area contributed by atoms with E-state index in [4.69, 9.17) is 10.00 Å². The van der Waals surface area contributed by atoms with Gasteiger partial charge in [0.2, 0.25) is 0 Å². The average Bonchev–Trinajstić information content (AvgIpc) is 2.99. The Hall–Kier alpha value is -1.90. The number of benzene rings is 1. The largest absolute Gasteiger partial charge is 0.383 e. The van der Waals surface area contributed by atoms with Crippen molar-refractivity contribution in [1.29, 1.82) is 5.26 Å². The summed E-state index contributed by atoms with van der Waals surface area (Å²) in [7, 11) is 1.72. The van der Waals surface area contributed by atoms with E-state index < -0.39 is 0 Å². The molecule has 1 amide bonds. The van der Waals surface area contributed by atoms with Crippen LogP contribution in [0.1, 0.15) is 22.3 Å². The van der Waals surface area contributed by atoms with E-state index in [1.54, 1.807) is 19.2 Å². The summed E-state index contributed by atoms with van der Waals surface area (Å²) >= 11 is 0. The van der Waals surface area contributed by atoms with Crippen LogP contribution in [0.25, 0.3) is 0 Å². The van der Waals surface area contributed by atoms with E-state index in [0.717, 1.165) is 38.2 Å². The summed E-state index contributed by atoms with van der Waals surface area (Å²) in [6, 6.07) is 9.37. The molecular formula is C17H23N3O2. The van der Waals surface area contributed by atoms with Crippen LogP contribution in [0.4, 0.5) is 0 Å². The third kappa shape index (κ3) is 4.83. The number of hydrogen-bond donors (Lipinski definition) is 1. The second kappa shape index (κ2) is 8.52. The van der Waals surface area contributed by atoms with Crippen LogP contribution < -0.4 is 5.32 Å². The number of carbonyl (C=O) groups is 1. The zero-order valence-electron chi connectivity index (χ0n) is 13.0. The molecule has 22 heavy (non-hydrogen) atoms. The summed E-state index contributed by atoms with van der Waals surface area (Å²) < 4.78 is 5.09. The van der Waals surface area contributed by atoms with Crippen molar-refractivity contribution >= 4 is 5.91 Å². The number of nitrogens with one attached hydrogen (secondary N) is 1. The van der Waals surface area contributed by atoms with Gasteiger partial charge in [0.25, 0.3) is 5.91 Å². The quantitative estimate of drug-likeness (QED) is 0.828. The summed E-state index contributed by atoms with van der Waals surface area (Å²) in [6.45, 7) is 4.49. The number of carbonyl (C=O) groups excluding carboxylic acids is 1. The van der Waals surface area contributed by atoms with Crippen molar-refractivity contribution in [3.8, 4) is 6.07 Å². The number of hydrogen-bond acceptors (Lipinski definition) is 4. The van der Waals surface area contributed by atoms with Crippen LogP contribution in [0, 0.1) is 17.2 Å². The maximum absolute atomic E-state index is 12.2. The number of likely N-dealkylation sites (tertiary alicyclic amines) is 1. The topological polar surface area (TPSA) is 65.4 Å². The molecule has 0 spiro atoms. The zero-order chi connectivity index (χ0) is 15.8. The van der Waals surface area contributed by atoms with E-state index in [9.17, 15) is 4.79 Å². The first-order valence-corrected chi connectivity index (χ1v) is 7.68. The number of ether oxygens (including phenoxy) is 1. The Morgan fingerprint density at radius 1 is 1.55 bits per heavy atom. The predicted molar refractivity (Wildman–Crippen MR) is 84.5 cm³/mol. The van der Waals surface area contributed by atoms with Crippen molar-refractivity contribution < 1.29 is 9.53 Å². The molecule has 0 radical (unpaired) electrons. The molecule has 1 aliphatic rings. The van der Waals surface area contributed by atoms with Crippen molar-refractivity contribution in [2.45, 2.75) is 12.8 Å². The van der Waals surface area contributed by atoms with Gasteiger partial charge in [-0.1, -0.05) is 12.1 Å². The minimum absolute atomic E-state index is 0.0601. The minimum atomic E-state index is -0.0601. The molecule has 1 unspecified atom stereocenters. The predicted octanol–water partition coefficient (Wildman–Crippen LogP) is 1.45. The lowest BCUT2D eigenvalue weighted by molar-refractivity contribution is 0.0946. The molecule has 0 aromatic heterocycles. The first-order chi connectivity index (χ1) is 10.7. The molecule has 118 valence electrons. The van der Waals surface area contributed by atoms with Gasteiger partial charge in [-0.05, 0) is 36.6 Å². The normalized spacial score (nSPS) is 18.1. The van der Waals surface area contributed by atoms with E-state index in [1.807, 2.05) is 12.1 Å². The van der Waals surface area contributed by atoms with Crippen molar-refractivity contribution in [3.05, 3.63) is 35.4 Å². The molecule has 5 nitrogen and oxygen atoms in total. The molecule has 1 atom stereocenters. The van der Waals surface area contributed by atoms with Crippen LogP contribution in [0.15, 0.2) is 24.3 Å². The van der Waals surface area contributed by atoms with Crippen LogP contribution >= 0.6 is 0 Å². The first kappa shape index (κ1) is 16.5. The van der Waals surface area contributed by atoms with Crippen LogP contribution in [0.2, 0.25) is 0 Å². The van der Waals surface area contributed by atoms with Gasteiger partial charge in [0.1, 0.15) is 0 Å². The van der Waals surface area contributed by atoms with Gasteiger partial charge in [0, 0.05) is 32.3 Å². The molecule has 1 aliphatic heterocycles. The lowest BCUT2D eigenvalue weighted by Gasteiger charge is -2.15. The van der Waals surface area contributed by atoms with E-state index >= 15 is 0 Å². The Balaban J connectivity index is 1.78. The van der Waals surface area contributed by atoms with Gasteiger partial charge >= 0.3 is 0 Å². The second-order valence-electron chi connectivity index (χ2n) is 5.69. The van der Waals surface area contributed by atoms with Gasteiger partial charge in [-0.15, -0.1) is 0 Å². The molecule has 5 heteroatoms. The molecular weight excluding hydrogens is 278 g/mol. The fourth-order valence-electron chi connectivity index (χ4n) is 2.76. The summed E-state index contributed by atoms with van der Waals surface area (Å²) in [5, 5.41) is 11.7. The fourth-order valence-corrected chi connectivity index (χ4v) is 2.76. The molecule has 1 fully saturated rings. The highest BCUT2D eigenvalue weighted by Gasteiger charge is 2.22. The maximum Gasteiger partial charge on any atom is 0.251 e. The summed E-state index contributed by atoms with van der Waals surface area (Å²) in [6.07, 6.45) is 1.44. The van der Waals surface area contributed by atoms with E-state index in [-0.39, 0.29) is 5.91 Å². The number of rotatable bonds is 7. The number of nitriles is 1. The van der Waals surface area contributed by atoms with Gasteiger partial charge in [0.15, 0.2) is 0 Å². The smallest absolute Gasteiger partial charge is 0.251 e. The SMILES string of the molecule is COCCN1CCC(CNC(=O)c2cccc(CC#N)c2)C1. The minimum Gasteiger partial charge on any atom is -0.383 e. The Labute approximate surface area is 131 Å². The van der Waals surface area contributed by atoms with Crippen molar-refractivity contribution in [2.75, 3.05) is 39.9 Å². The maximum atomic E-state index is 12.2. The molecule has 1 heterocycles. The lowest BCUT2D eigenvalue weighted by atomic mass is 10.1. The number of nitrogens with zero attached hydrogens (tertiary/aromatic N) is 2. The molecule has 0 saturated carbocycles. The summed E-state index contributed by atoms with van der Waals surface area (Å²) in [5.74, 6) is 0.443. The number of amides is 1. The van der Waals surface area contributed by atoms with E-state index in [0.29, 0.717) is 24.4 Å². The summed E-state index contributed by atoms with van der Waals surface area (Å²) in [5.41, 5.74) is 1.50. The Kier molecular flexibility index (Phi) is 6.38. The Bertz CT molecular complexity index is 539. The average molecular weight is 301 g/mol. The van der Waals surface area contributed by atoms with Crippen LogP contribution in [-0.4, -0.2) is 50.7 Å². The second-order valence-corrected chi connectivity index (χ2v) is 5.69. The summed E-state index contributed by atoms with van der Waals surface area (Å²) in [4.78, 5) is 14.6. The molecule has 2 rings (SSSR count). The van der Waals surface area contributed by atoms with Crippen molar-refractivity contribution in [2.24, 2.45) is 5.92 Å². The molecule has 1 saturated heterocycles. The first-order valence-electron chi connectivity index (χ1n) is 7.68. The van der Waals surface area contributed by atoms with Crippen LogP contribution in [-0.2, 0) is 11.2 Å². The Morgan fingerprint density at radius 2 is 2.41 bits per heavy atom. The fraction of sp³-hybridized carbons (Fsp3) is 0.529. The highest BCUT2D eigenvalue weighted by atomic mass is 16.5. The lowest BCUT2D eigenvalue weighted by Crippen LogP contribution is -2.31. The zero-order valence-corrected chi connectivity index (χ0v) is 13.0. The monoisotopic (exact) mass is 301 g/mol. The van der Waals surface area contributed by atoms with Gasteiger partial charge in [0.05, 0.1) is 19.1 Å². The Morgan fingerprint density at radius 3 is 3.18 bits per heavy atom. The molecule has 1 aromatic carbocycles.